The Balaban J connectivity index is 1.16. The third-order valence-corrected chi connectivity index (χ3v) is 12.7. The van der Waals surface area contributed by atoms with E-state index < -0.39 is 0 Å². The Labute approximate surface area is 328 Å². The average molecular weight is 719 g/mol. The predicted octanol–water partition coefficient (Wildman–Crippen LogP) is 14.5. The van der Waals surface area contributed by atoms with Gasteiger partial charge in [0.05, 0.1) is 16.7 Å². The highest BCUT2D eigenvalue weighted by molar-refractivity contribution is 6.14. The molecule has 9 aromatic rings. The molecule has 2 heteroatoms. The van der Waals surface area contributed by atoms with Gasteiger partial charge in [-0.1, -0.05) is 161 Å². The second-order valence-electron chi connectivity index (χ2n) is 16.5. The molecular weight excluding hydrogens is 677 g/mol. The summed E-state index contributed by atoms with van der Waals surface area (Å²) in [5.74, 6) is 0. The number of nitrogens with zero attached hydrogens (tertiary/aromatic N) is 2. The fraction of sp³-hybridized carbons (Fsp3) is 0.111. The third kappa shape index (κ3) is 4.56. The van der Waals surface area contributed by atoms with Gasteiger partial charge in [0.1, 0.15) is 0 Å². The summed E-state index contributed by atoms with van der Waals surface area (Å²) in [6, 6.07) is 67.5. The number of hydrogen-bond acceptors (Lipinski definition) is 1. The van der Waals surface area contributed by atoms with Crippen molar-refractivity contribution in [1.29, 1.82) is 0 Å². The number of para-hydroxylation sites is 3. The molecule has 0 spiro atoms. The number of anilines is 3. The van der Waals surface area contributed by atoms with E-state index in [0.717, 1.165) is 11.4 Å². The maximum Gasteiger partial charge on any atom is 0.0619 e. The van der Waals surface area contributed by atoms with Gasteiger partial charge in [-0.2, -0.15) is 0 Å². The molecule has 0 saturated heterocycles. The summed E-state index contributed by atoms with van der Waals surface area (Å²) in [6.07, 6.45) is 0. The van der Waals surface area contributed by atoms with Crippen molar-refractivity contribution in [2.45, 2.75) is 38.5 Å². The van der Waals surface area contributed by atoms with Crippen LogP contribution in [-0.2, 0) is 10.8 Å². The van der Waals surface area contributed by atoms with E-state index in [-0.39, 0.29) is 10.8 Å². The predicted molar refractivity (Wildman–Crippen MR) is 236 cm³/mol. The first kappa shape index (κ1) is 32.8. The maximum absolute atomic E-state index is 2.53. The lowest BCUT2D eigenvalue weighted by atomic mass is 9.81. The van der Waals surface area contributed by atoms with E-state index in [1.165, 1.54) is 88.8 Å². The minimum Gasteiger partial charge on any atom is -0.310 e. The molecule has 2 aliphatic carbocycles. The van der Waals surface area contributed by atoms with Gasteiger partial charge in [0.25, 0.3) is 0 Å². The first-order valence-electron chi connectivity index (χ1n) is 19.8. The van der Waals surface area contributed by atoms with Crippen LogP contribution in [-0.4, -0.2) is 4.57 Å². The molecule has 0 amide bonds. The molecule has 11 rings (SSSR count). The SMILES string of the molecule is CC1(C)c2ccccc2-c2ccc(N(c3cccc(-c4cccc5c6ccccc6n(-c6ccccc6)c45)c3)c3cccc4c3C(C)(C)c3ccccc3-4)cc21. The largest absolute Gasteiger partial charge is 0.310 e. The van der Waals surface area contributed by atoms with Crippen molar-refractivity contribution in [3.8, 4) is 39.1 Å². The van der Waals surface area contributed by atoms with E-state index in [0.29, 0.717) is 0 Å². The molecule has 0 N–H and O–H groups in total. The molecule has 0 fully saturated rings. The lowest BCUT2D eigenvalue weighted by Gasteiger charge is -2.33. The number of hydrogen-bond donors (Lipinski definition) is 0. The molecule has 0 radical (unpaired) electrons. The van der Waals surface area contributed by atoms with E-state index >= 15 is 0 Å². The Morgan fingerprint density at radius 1 is 0.411 bits per heavy atom. The summed E-state index contributed by atoms with van der Waals surface area (Å²) in [4.78, 5) is 2.53. The van der Waals surface area contributed by atoms with Crippen molar-refractivity contribution in [3.05, 3.63) is 204 Å². The standard InChI is InChI=1S/C54H42N2/c1-53(2)46-27-11-8-21-40(46)42-32-31-38(34-48(42)53)55(50-30-16-25-44-41-22-9-12-28-47(41)54(3,4)51(44)50)37-20-14-17-35(33-37)39-24-15-26-45-43-23-10-13-29-49(43)56(52(39)45)36-18-6-5-7-19-36/h5-34H,1-4H3. The van der Waals surface area contributed by atoms with Gasteiger partial charge in [-0.3, -0.25) is 0 Å². The monoisotopic (exact) mass is 718 g/mol. The summed E-state index contributed by atoms with van der Waals surface area (Å²) < 4.78 is 2.44. The Hall–Kier alpha value is -6.64. The molecule has 1 aromatic heterocycles. The Kier molecular flexibility index (Phi) is 6.98. The van der Waals surface area contributed by atoms with E-state index in [1.54, 1.807) is 0 Å². The molecule has 56 heavy (non-hydrogen) atoms. The number of benzene rings is 8. The van der Waals surface area contributed by atoms with Crippen molar-refractivity contribution >= 4 is 38.9 Å². The van der Waals surface area contributed by atoms with Crippen molar-refractivity contribution < 1.29 is 0 Å². The lowest BCUT2D eigenvalue weighted by molar-refractivity contribution is 0.658. The van der Waals surface area contributed by atoms with E-state index in [9.17, 15) is 0 Å². The fourth-order valence-electron chi connectivity index (χ4n) is 10.2. The smallest absolute Gasteiger partial charge is 0.0619 e. The van der Waals surface area contributed by atoms with Gasteiger partial charge in [-0.15, -0.1) is 0 Å². The van der Waals surface area contributed by atoms with Crippen LogP contribution in [0.25, 0.3) is 60.9 Å². The van der Waals surface area contributed by atoms with Crippen molar-refractivity contribution in [3.63, 3.8) is 0 Å². The summed E-state index contributed by atoms with van der Waals surface area (Å²) in [7, 11) is 0. The molecule has 0 saturated carbocycles. The molecule has 0 aliphatic heterocycles. The second-order valence-corrected chi connectivity index (χ2v) is 16.5. The minimum absolute atomic E-state index is 0.121. The van der Waals surface area contributed by atoms with Gasteiger partial charge in [-0.25, -0.2) is 0 Å². The van der Waals surface area contributed by atoms with Crippen molar-refractivity contribution in [2.24, 2.45) is 0 Å². The average Bonchev–Trinajstić information content (AvgIpc) is 3.79. The molecule has 8 aromatic carbocycles. The van der Waals surface area contributed by atoms with Crippen LogP contribution < -0.4 is 4.90 Å². The van der Waals surface area contributed by atoms with Crippen LogP contribution in [0.2, 0.25) is 0 Å². The minimum atomic E-state index is -0.188. The quantitative estimate of drug-likeness (QED) is 0.172. The van der Waals surface area contributed by atoms with E-state index in [4.69, 9.17) is 0 Å². The topological polar surface area (TPSA) is 8.17 Å². The van der Waals surface area contributed by atoms with Gasteiger partial charge in [0.2, 0.25) is 0 Å². The van der Waals surface area contributed by atoms with Crippen LogP contribution in [0.4, 0.5) is 17.1 Å². The molecule has 0 bridgehead atoms. The van der Waals surface area contributed by atoms with Crippen LogP contribution in [0.15, 0.2) is 182 Å². The Morgan fingerprint density at radius 3 is 1.82 bits per heavy atom. The molecule has 0 atom stereocenters. The zero-order chi connectivity index (χ0) is 37.8. The summed E-state index contributed by atoms with van der Waals surface area (Å²) in [5.41, 5.74) is 20.0. The first-order valence-corrected chi connectivity index (χ1v) is 19.8. The Bertz CT molecular complexity index is 3030. The molecule has 0 unspecified atom stereocenters. The molecule has 2 nitrogen and oxygen atoms in total. The number of fused-ring (bicyclic) bond motifs is 9. The van der Waals surface area contributed by atoms with Gasteiger partial charge >= 0.3 is 0 Å². The summed E-state index contributed by atoms with van der Waals surface area (Å²) in [5, 5.41) is 2.51. The van der Waals surface area contributed by atoms with Gasteiger partial charge < -0.3 is 9.47 Å². The fourth-order valence-corrected chi connectivity index (χ4v) is 10.2. The summed E-state index contributed by atoms with van der Waals surface area (Å²) in [6.45, 7) is 9.53. The van der Waals surface area contributed by atoms with Crippen LogP contribution in [0.1, 0.15) is 49.9 Å². The number of rotatable bonds is 5. The molecular formula is C54H42N2. The van der Waals surface area contributed by atoms with Gasteiger partial charge in [0.15, 0.2) is 0 Å². The third-order valence-electron chi connectivity index (χ3n) is 12.7. The van der Waals surface area contributed by atoms with Crippen molar-refractivity contribution in [1.82, 2.24) is 4.57 Å². The van der Waals surface area contributed by atoms with Crippen LogP contribution in [0.5, 0.6) is 0 Å². The first-order chi connectivity index (χ1) is 27.3. The highest BCUT2D eigenvalue weighted by Crippen LogP contribution is 2.56. The van der Waals surface area contributed by atoms with Gasteiger partial charge in [0, 0.05) is 44.2 Å². The highest BCUT2D eigenvalue weighted by atomic mass is 15.1. The highest BCUT2D eigenvalue weighted by Gasteiger charge is 2.40. The Morgan fingerprint density at radius 2 is 1.00 bits per heavy atom. The van der Waals surface area contributed by atoms with Gasteiger partial charge in [-0.05, 0) is 98.6 Å². The normalized spacial score (nSPS) is 14.4. The lowest BCUT2D eigenvalue weighted by Crippen LogP contribution is -2.21. The zero-order valence-electron chi connectivity index (χ0n) is 32.2. The number of aromatic nitrogens is 1. The maximum atomic E-state index is 2.53. The molecule has 268 valence electrons. The van der Waals surface area contributed by atoms with Crippen LogP contribution >= 0.6 is 0 Å². The van der Waals surface area contributed by atoms with Crippen LogP contribution in [0.3, 0.4) is 0 Å². The molecule has 2 aliphatic rings. The van der Waals surface area contributed by atoms with E-state index in [2.05, 4.69) is 219 Å². The zero-order valence-corrected chi connectivity index (χ0v) is 32.2. The molecule has 1 heterocycles. The second kappa shape index (κ2) is 11.9. The van der Waals surface area contributed by atoms with Crippen LogP contribution in [0, 0.1) is 0 Å². The summed E-state index contributed by atoms with van der Waals surface area (Å²) >= 11 is 0. The van der Waals surface area contributed by atoms with Crippen molar-refractivity contribution in [2.75, 3.05) is 4.90 Å². The van der Waals surface area contributed by atoms with E-state index in [1.807, 2.05) is 0 Å².